The molecule has 0 aliphatic rings. The van der Waals surface area contributed by atoms with Crippen LogP contribution in [0.3, 0.4) is 0 Å². The minimum atomic E-state index is -4.55. The molecule has 0 saturated carbocycles. The van der Waals surface area contributed by atoms with Crippen molar-refractivity contribution >= 4 is 5.69 Å². The zero-order valence-corrected chi connectivity index (χ0v) is 8.55. The molecule has 0 aromatic heterocycles. The maximum absolute atomic E-state index is 13.3. The number of alkyl halides is 3. The highest BCUT2D eigenvalue weighted by Crippen LogP contribution is 2.31. The van der Waals surface area contributed by atoms with Crippen LogP contribution in [0.15, 0.2) is 18.2 Å². The van der Waals surface area contributed by atoms with Gasteiger partial charge in [-0.05, 0) is 18.2 Å². The van der Waals surface area contributed by atoms with Gasteiger partial charge >= 0.3 is 6.18 Å². The Morgan fingerprint density at radius 2 is 1.94 bits per heavy atom. The highest BCUT2D eigenvalue weighted by atomic mass is 19.4. The van der Waals surface area contributed by atoms with Gasteiger partial charge in [-0.15, -0.1) is 0 Å². The lowest BCUT2D eigenvalue weighted by molar-refractivity contribution is -0.137. The van der Waals surface area contributed by atoms with Gasteiger partial charge in [0.15, 0.2) is 0 Å². The first-order valence-electron chi connectivity index (χ1n) is 4.55. The Morgan fingerprint density at radius 3 is 2.38 bits per heavy atom. The molecule has 0 amide bonds. The zero-order valence-electron chi connectivity index (χ0n) is 8.55. The third kappa shape index (κ3) is 2.85. The summed E-state index contributed by atoms with van der Waals surface area (Å²) < 4.78 is 50.0. The van der Waals surface area contributed by atoms with Crippen molar-refractivity contribution in [3.63, 3.8) is 0 Å². The molecule has 0 aliphatic heterocycles. The van der Waals surface area contributed by atoms with Crippen molar-refractivity contribution in [2.45, 2.75) is 6.18 Å². The molecule has 6 heteroatoms. The monoisotopic (exact) mass is 237 g/mol. The van der Waals surface area contributed by atoms with E-state index < -0.39 is 17.6 Å². The Bertz CT molecular complexity index is 364. The number of halogens is 4. The van der Waals surface area contributed by atoms with Crippen molar-refractivity contribution in [1.82, 2.24) is 0 Å². The summed E-state index contributed by atoms with van der Waals surface area (Å²) in [6, 6.07) is 2.31. The van der Waals surface area contributed by atoms with Crippen LogP contribution in [0.1, 0.15) is 5.56 Å². The molecule has 0 radical (unpaired) electrons. The van der Waals surface area contributed by atoms with Crippen molar-refractivity contribution in [3.8, 4) is 0 Å². The number of aliphatic hydroxyl groups is 1. The van der Waals surface area contributed by atoms with Gasteiger partial charge in [-0.2, -0.15) is 13.2 Å². The van der Waals surface area contributed by atoms with Gasteiger partial charge in [0.05, 0.1) is 17.9 Å². The molecule has 1 N–H and O–H groups in total. The van der Waals surface area contributed by atoms with Crippen molar-refractivity contribution in [3.05, 3.63) is 29.6 Å². The second kappa shape index (κ2) is 4.69. The standard InChI is InChI=1S/C10H11F4NO/c1-15(4-5-16)9-3-2-7(6-8(9)11)10(12,13)14/h2-3,6,16H,4-5H2,1H3. The molecule has 0 spiro atoms. The Hall–Kier alpha value is -1.30. The van der Waals surface area contributed by atoms with Crippen molar-refractivity contribution in [1.29, 1.82) is 0 Å². The van der Waals surface area contributed by atoms with Gasteiger partial charge in [0, 0.05) is 13.6 Å². The Labute approximate surface area is 90.1 Å². The lowest BCUT2D eigenvalue weighted by atomic mass is 10.2. The Balaban J connectivity index is 3.00. The topological polar surface area (TPSA) is 23.5 Å². The fraction of sp³-hybridized carbons (Fsp3) is 0.400. The number of aliphatic hydroxyl groups excluding tert-OH is 1. The van der Waals surface area contributed by atoms with E-state index >= 15 is 0 Å². The molecule has 0 atom stereocenters. The first-order chi connectivity index (χ1) is 7.36. The van der Waals surface area contributed by atoms with Crippen LogP contribution in [0.5, 0.6) is 0 Å². The molecule has 0 heterocycles. The third-order valence-electron chi connectivity index (χ3n) is 2.12. The summed E-state index contributed by atoms with van der Waals surface area (Å²) in [6.45, 7) is -0.0424. The highest BCUT2D eigenvalue weighted by molar-refractivity contribution is 5.48. The van der Waals surface area contributed by atoms with E-state index in [1.54, 1.807) is 0 Å². The molecule has 0 saturated heterocycles. The average Bonchev–Trinajstić information content (AvgIpc) is 2.16. The smallest absolute Gasteiger partial charge is 0.395 e. The van der Waals surface area contributed by atoms with Crippen LogP contribution in [0, 0.1) is 5.82 Å². The largest absolute Gasteiger partial charge is 0.416 e. The quantitative estimate of drug-likeness (QED) is 0.815. The summed E-state index contributed by atoms with van der Waals surface area (Å²) in [6.07, 6.45) is -4.55. The van der Waals surface area contributed by atoms with Crippen LogP contribution in [-0.4, -0.2) is 25.3 Å². The molecule has 16 heavy (non-hydrogen) atoms. The van der Waals surface area contributed by atoms with Gasteiger partial charge in [-0.25, -0.2) is 4.39 Å². The first kappa shape index (κ1) is 12.8. The summed E-state index contributed by atoms with van der Waals surface area (Å²) in [5, 5.41) is 8.63. The summed E-state index contributed by atoms with van der Waals surface area (Å²) in [4.78, 5) is 1.34. The minimum Gasteiger partial charge on any atom is -0.395 e. The van der Waals surface area contributed by atoms with Crippen molar-refractivity contribution in [2.75, 3.05) is 25.1 Å². The lowest BCUT2D eigenvalue weighted by Crippen LogP contribution is -2.22. The number of hydrogen-bond acceptors (Lipinski definition) is 2. The molecular weight excluding hydrogens is 226 g/mol. The van der Waals surface area contributed by atoms with Crippen LogP contribution in [0.25, 0.3) is 0 Å². The first-order valence-corrected chi connectivity index (χ1v) is 4.55. The predicted molar refractivity (Wildman–Crippen MR) is 51.8 cm³/mol. The number of benzene rings is 1. The zero-order chi connectivity index (χ0) is 12.3. The van der Waals surface area contributed by atoms with Crippen LogP contribution < -0.4 is 4.90 Å². The molecule has 0 bridgehead atoms. The van der Waals surface area contributed by atoms with Crippen LogP contribution in [0.4, 0.5) is 23.2 Å². The number of rotatable bonds is 3. The van der Waals surface area contributed by atoms with Crippen LogP contribution >= 0.6 is 0 Å². The SMILES string of the molecule is CN(CCO)c1ccc(C(F)(F)F)cc1F. The molecule has 0 fully saturated rings. The van der Waals surface area contributed by atoms with E-state index in [0.29, 0.717) is 6.07 Å². The molecular formula is C10H11F4NO. The van der Waals surface area contributed by atoms with Crippen LogP contribution in [0.2, 0.25) is 0 Å². The van der Waals surface area contributed by atoms with Crippen molar-refractivity contribution < 1.29 is 22.7 Å². The predicted octanol–water partition coefficient (Wildman–Crippen LogP) is 2.27. The summed E-state index contributed by atoms with van der Waals surface area (Å²) in [5.41, 5.74) is -0.992. The van der Waals surface area contributed by atoms with E-state index in [-0.39, 0.29) is 18.8 Å². The fourth-order valence-electron chi connectivity index (χ4n) is 1.26. The molecule has 0 aliphatic carbocycles. The second-order valence-electron chi connectivity index (χ2n) is 3.31. The van der Waals surface area contributed by atoms with Gasteiger partial charge in [-0.1, -0.05) is 0 Å². The van der Waals surface area contributed by atoms with Gasteiger partial charge in [-0.3, -0.25) is 0 Å². The van der Waals surface area contributed by atoms with Crippen molar-refractivity contribution in [2.24, 2.45) is 0 Å². The number of nitrogens with zero attached hydrogens (tertiary/aromatic N) is 1. The maximum atomic E-state index is 13.3. The summed E-state index contributed by atoms with van der Waals surface area (Å²) >= 11 is 0. The minimum absolute atomic E-state index is 0.0297. The van der Waals surface area contributed by atoms with E-state index in [2.05, 4.69) is 0 Å². The lowest BCUT2D eigenvalue weighted by Gasteiger charge is -2.19. The molecule has 2 nitrogen and oxygen atoms in total. The number of hydrogen-bond donors (Lipinski definition) is 1. The summed E-state index contributed by atoms with van der Waals surface area (Å²) in [7, 11) is 1.49. The third-order valence-corrected chi connectivity index (χ3v) is 2.12. The van der Waals surface area contributed by atoms with Gasteiger partial charge < -0.3 is 10.0 Å². The van der Waals surface area contributed by atoms with E-state index in [1.807, 2.05) is 0 Å². The van der Waals surface area contributed by atoms with Gasteiger partial charge in [0.25, 0.3) is 0 Å². The summed E-state index contributed by atoms with van der Waals surface area (Å²) in [5.74, 6) is -0.953. The number of anilines is 1. The van der Waals surface area contributed by atoms with E-state index in [9.17, 15) is 17.6 Å². The molecule has 90 valence electrons. The van der Waals surface area contributed by atoms with E-state index in [1.165, 1.54) is 11.9 Å². The fourth-order valence-corrected chi connectivity index (χ4v) is 1.26. The normalized spacial score (nSPS) is 11.6. The molecule has 1 aromatic carbocycles. The van der Waals surface area contributed by atoms with E-state index in [0.717, 1.165) is 12.1 Å². The van der Waals surface area contributed by atoms with Crippen LogP contribution in [-0.2, 0) is 6.18 Å². The molecule has 1 rings (SSSR count). The Kier molecular flexibility index (Phi) is 3.74. The Morgan fingerprint density at radius 1 is 1.31 bits per heavy atom. The average molecular weight is 237 g/mol. The molecule has 1 aromatic rings. The van der Waals surface area contributed by atoms with E-state index in [4.69, 9.17) is 5.11 Å². The maximum Gasteiger partial charge on any atom is 0.416 e. The molecule has 0 unspecified atom stereocenters. The highest BCUT2D eigenvalue weighted by Gasteiger charge is 2.31. The number of likely N-dealkylation sites (N-methyl/N-ethyl adjacent to an activating group) is 1. The van der Waals surface area contributed by atoms with Gasteiger partial charge in [0.1, 0.15) is 5.82 Å². The second-order valence-corrected chi connectivity index (χ2v) is 3.31. The van der Waals surface area contributed by atoms with Gasteiger partial charge in [0.2, 0.25) is 0 Å².